The zero-order chi connectivity index (χ0) is 19.2. The largest absolute Gasteiger partial charge is 0.382 e. The summed E-state index contributed by atoms with van der Waals surface area (Å²) in [5.41, 5.74) is 1.96. The van der Waals surface area contributed by atoms with E-state index in [4.69, 9.17) is 0 Å². The summed E-state index contributed by atoms with van der Waals surface area (Å²) < 4.78 is 14.5. The minimum atomic E-state index is -0.147. The molecular weight excluding hydrogens is 339 g/mol. The maximum absolute atomic E-state index is 14.5. The molecule has 3 nitrogen and oxygen atoms in total. The summed E-state index contributed by atoms with van der Waals surface area (Å²) in [5.74, 6) is 0.298. The molecule has 1 aromatic rings. The molecule has 1 saturated carbocycles. The quantitative estimate of drug-likeness (QED) is 0.779. The number of nitrogens with zero attached hydrogens (tertiary/aromatic N) is 1. The number of carbonyl (C=O) groups is 1. The Balaban J connectivity index is 1.50. The first kappa shape index (κ1) is 18.8. The molecule has 27 heavy (non-hydrogen) atoms. The molecule has 5 atom stereocenters. The topological polar surface area (TPSA) is 32.3 Å². The highest BCUT2D eigenvalue weighted by Crippen LogP contribution is 2.47. The molecule has 1 saturated heterocycles. The van der Waals surface area contributed by atoms with Crippen LogP contribution in [0.3, 0.4) is 0 Å². The Morgan fingerprint density at radius 1 is 1.33 bits per heavy atom. The van der Waals surface area contributed by atoms with Gasteiger partial charge >= 0.3 is 0 Å². The number of hydrogen-bond donors (Lipinski definition) is 1. The SMILES string of the molecule is CC(CC(=O)N1CCCC2(C)CCCCC12)C1c2c(F)cccc2NC1C. The predicted molar refractivity (Wildman–Crippen MR) is 107 cm³/mol. The van der Waals surface area contributed by atoms with Crippen LogP contribution >= 0.6 is 0 Å². The van der Waals surface area contributed by atoms with Gasteiger partial charge in [-0.3, -0.25) is 4.79 Å². The highest BCUT2D eigenvalue weighted by molar-refractivity contribution is 5.77. The van der Waals surface area contributed by atoms with E-state index >= 15 is 0 Å². The van der Waals surface area contributed by atoms with Crippen molar-refractivity contribution in [3.8, 4) is 0 Å². The van der Waals surface area contributed by atoms with Gasteiger partial charge in [-0.25, -0.2) is 4.39 Å². The Morgan fingerprint density at radius 3 is 2.93 bits per heavy atom. The lowest BCUT2D eigenvalue weighted by Gasteiger charge is -2.51. The van der Waals surface area contributed by atoms with Crippen molar-refractivity contribution in [2.75, 3.05) is 11.9 Å². The van der Waals surface area contributed by atoms with Crippen molar-refractivity contribution >= 4 is 11.6 Å². The first-order valence-electron chi connectivity index (χ1n) is 10.7. The average Bonchev–Trinajstić information content (AvgIpc) is 2.97. The number of benzene rings is 1. The third-order valence-electron chi connectivity index (χ3n) is 7.54. The Bertz CT molecular complexity index is 716. The molecule has 0 spiro atoms. The summed E-state index contributed by atoms with van der Waals surface area (Å²) in [7, 11) is 0. The Morgan fingerprint density at radius 2 is 2.11 bits per heavy atom. The average molecular weight is 373 g/mol. The first-order valence-corrected chi connectivity index (χ1v) is 10.7. The molecule has 4 heteroatoms. The fraction of sp³-hybridized carbons (Fsp3) is 0.696. The standard InChI is InChI=1S/C23H33FN2O/c1-15(21-16(2)25-18-9-6-8-17(24)22(18)21)14-20(27)26-13-7-12-23(3)11-5-4-10-19(23)26/h6,8-9,15-16,19,21,25H,4-5,7,10-14H2,1-3H3. The van der Waals surface area contributed by atoms with Gasteiger partial charge in [-0.05, 0) is 56.1 Å². The van der Waals surface area contributed by atoms with Gasteiger partial charge in [0.05, 0.1) is 0 Å². The number of nitrogens with one attached hydrogen (secondary N) is 1. The molecule has 1 aromatic carbocycles. The molecule has 5 unspecified atom stereocenters. The number of likely N-dealkylation sites (tertiary alicyclic amines) is 1. The molecule has 2 heterocycles. The maximum Gasteiger partial charge on any atom is 0.223 e. The van der Waals surface area contributed by atoms with Crippen LogP contribution in [0.5, 0.6) is 0 Å². The van der Waals surface area contributed by atoms with Crippen LogP contribution in [-0.2, 0) is 4.79 Å². The van der Waals surface area contributed by atoms with Crippen LogP contribution < -0.4 is 5.32 Å². The second-order valence-electron chi connectivity index (χ2n) is 9.45. The van der Waals surface area contributed by atoms with Gasteiger partial charge in [-0.2, -0.15) is 0 Å². The third kappa shape index (κ3) is 3.25. The van der Waals surface area contributed by atoms with Crippen molar-refractivity contribution < 1.29 is 9.18 Å². The van der Waals surface area contributed by atoms with Crippen LogP contribution in [0.4, 0.5) is 10.1 Å². The summed E-state index contributed by atoms with van der Waals surface area (Å²) in [5, 5.41) is 3.41. The molecule has 0 radical (unpaired) electrons. The van der Waals surface area contributed by atoms with E-state index in [2.05, 4.69) is 31.0 Å². The number of hydrogen-bond acceptors (Lipinski definition) is 2. The number of anilines is 1. The maximum atomic E-state index is 14.5. The van der Waals surface area contributed by atoms with Crippen molar-refractivity contribution in [2.24, 2.45) is 11.3 Å². The number of fused-ring (bicyclic) bond motifs is 2. The lowest BCUT2D eigenvalue weighted by atomic mass is 9.66. The molecule has 0 aromatic heterocycles. The van der Waals surface area contributed by atoms with Crippen molar-refractivity contribution in [3.63, 3.8) is 0 Å². The van der Waals surface area contributed by atoms with E-state index in [1.807, 2.05) is 6.07 Å². The number of carbonyl (C=O) groups excluding carboxylic acids is 1. The monoisotopic (exact) mass is 372 g/mol. The predicted octanol–water partition coefficient (Wildman–Crippen LogP) is 5.32. The minimum absolute atomic E-state index is 0.0488. The summed E-state index contributed by atoms with van der Waals surface area (Å²) >= 11 is 0. The number of amides is 1. The molecule has 2 aliphatic heterocycles. The van der Waals surface area contributed by atoms with Crippen molar-refractivity contribution in [1.29, 1.82) is 0 Å². The number of halogens is 1. The molecular formula is C23H33FN2O. The first-order chi connectivity index (χ1) is 12.9. The Hall–Kier alpha value is -1.58. The van der Waals surface area contributed by atoms with Crippen LogP contribution in [0.1, 0.15) is 77.2 Å². The van der Waals surface area contributed by atoms with Gasteiger partial charge in [-0.15, -0.1) is 0 Å². The lowest BCUT2D eigenvalue weighted by molar-refractivity contribution is -0.142. The van der Waals surface area contributed by atoms with E-state index in [-0.39, 0.29) is 29.6 Å². The second-order valence-corrected chi connectivity index (χ2v) is 9.45. The fourth-order valence-electron chi connectivity index (χ4n) is 6.20. The van der Waals surface area contributed by atoms with Gasteiger partial charge < -0.3 is 10.2 Å². The van der Waals surface area contributed by atoms with Crippen LogP contribution in [0.2, 0.25) is 0 Å². The third-order valence-corrected chi connectivity index (χ3v) is 7.54. The van der Waals surface area contributed by atoms with Gasteiger partial charge in [0, 0.05) is 42.2 Å². The van der Waals surface area contributed by atoms with E-state index in [0.29, 0.717) is 17.9 Å². The summed E-state index contributed by atoms with van der Waals surface area (Å²) in [6.45, 7) is 7.50. The molecule has 0 bridgehead atoms. The van der Waals surface area contributed by atoms with E-state index in [0.717, 1.165) is 30.6 Å². The van der Waals surface area contributed by atoms with Crippen molar-refractivity contribution in [2.45, 2.75) is 83.7 Å². The minimum Gasteiger partial charge on any atom is -0.382 e. The van der Waals surface area contributed by atoms with Crippen LogP contribution in [0.15, 0.2) is 18.2 Å². The van der Waals surface area contributed by atoms with Crippen molar-refractivity contribution in [1.82, 2.24) is 4.90 Å². The lowest BCUT2D eigenvalue weighted by Crippen LogP contribution is -2.55. The molecule has 1 amide bonds. The van der Waals surface area contributed by atoms with Crippen LogP contribution in [0, 0.1) is 17.2 Å². The zero-order valence-electron chi connectivity index (χ0n) is 16.9. The van der Waals surface area contributed by atoms with Gasteiger partial charge in [0.15, 0.2) is 0 Å². The molecule has 1 aliphatic carbocycles. The van der Waals surface area contributed by atoms with Crippen LogP contribution in [-0.4, -0.2) is 29.4 Å². The number of piperidine rings is 1. The second kappa shape index (κ2) is 7.10. The Kier molecular flexibility index (Phi) is 4.94. The van der Waals surface area contributed by atoms with E-state index < -0.39 is 0 Å². The zero-order valence-corrected chi connectivity index (χ0v) is 16.9. The Labute approximate surface area is 162 Å². The van der Waals surface area contributed by atoms with E-state index in [1.165, 1.54) is 31.7 Å². The van der Waals surface area contributed by atoms with Gasteiger partial charge in [0.1, 0.15) is 5.82 Å². The summed E-state index contributed by atoms with van der Waals surface area (Å²) in [6, 6.07) is 5.80. The number of rotatable bonds is 3. The van der Waals surface area contributed by atoms with Gasteiger partial charge in [0.2, 0.25) is 5.91 Å². The van der Waals surface area contributed by atoms with E-state index in [9.17, 15) is 9.18 Å². The highest BCUT2D eigenvalue weighted by Gasteiger charge is 2.45. The molecule has 4 rings (SSSR count). The highest BCUT2D eigenvalue weighted by atomic mass is 19.1. The molecule has 1 N–H and O–H groups in total. The smallest absolute Gasteiger partial charge is 0.223 e. The summed E-state index contributed by atoms with van der Waals surface area (Å²) in [4.78, 5) is 15.5. The molecule has 2 fully saturated rings. The van der Waals surface area contributed by atoms with Gasteiger partial charge in [-0.1, -0.05) is 32.8 Å². The van der Waals surface area contributed by atoms with Crippen molar-refractivity contribution in [3.05, 3.63) is 29.6 Å². The normalized spacial score (nSPS) is 33.8. The van der Waals surface area contributed by atoms with Crippen LogP contribution in [0.25, 0.3) is 0 Å². The molecule has 148 valence electrons. The van der Waals surface area contributed by atoms with Gasteiger partial charge in [0.25, 0.3) is 0 Å². The molecule has 3 aliphatic rings. The fourth-order valence-corrected chi connectivity index (χ4v) is 6.20. The summed E-state index contributed by atoms with van der Waals surface area (Å²) in [6.07, 6.45) is 7.81. The van der Waals surface area contributed by atoms with E-state index in [1.54, 1.807) is 6.07 Å².